The van der Waals surface area contributed by atoms with Crippen LogP contribution < -0.4 is 10.2 Å². The van der Waals surface area contributed by atoms with Gasteiger partial charge in [0.2, 0.25) is 11.8 Å². The van der Waals surface area contributed by atoms with Crippen LogP contribution in [-0.2, 0) is 9.59 Å². The second kappa shape index (κ2) is 7.05. The fourth-order valence-electron chi connectivity index (χ4n) is 2.72. The number of halogens is 1. The summed E-state index contributed by atoms with van der Waals surface area (Å²) in [7, 11) is 1.51. The molecular formula is C18H17FN2O2S. The van der Waals surface area contributed by atoms with Crippen molar-refractivity contribution in [2.24, 2.45) is 0 Å². The van der Waals surface area contributed by atoms with E-state index in [4.69, 9.17) is 0 Å². The normalized spacial score (nSPS) is 15.7. The third-order valence-electron chi connectivity index (χ3n) is 3.96. The minimum absolute atomic E-state index is 0.137. The molecule has 1 atom stereocenters. The zero-order valence-corrected chi connectivity index (χ0v) is 14.0. The minimum Gasteiger partial charge on any atom is -0.358 e. The van der Waals surface area contributed by atoms with E-state index in [1.54, 1.807) is 17.8 Å². The molecule has 6 heteroatoms. The predicted molar refractivity (Wildman–Crippen MR) is 92.7 cm³/mol. The van der Waals surface area contributed by atoms with Crippen molar-refractivity contribution >= 4 is 29.3 Å². The number of carbonyl (C=O) groups excluding carboxylic acids is 2. The number of amides is 2. The van der Waals surface area contributed by atoms with Gasteiger partial charge in [-0.2, -0.15) is 0 Å². The van der Waals surface area contributed by atoms with E-state index in [9.17, 15) is 14.0 Å². The first-order valence-corrected chi connectivity index (χ1v) is 8.58. The Hall–Kier alpha value is -2.34. The van der Waals surface area contributed by atoms with Gasteiger partial charge in [0.15, 0.2) is 0 Å². The summed E-state index contributed by atoms with van der Waals surface area (Å²) in [5.41, 5.74) is 1.35. The number of likely N-dealkylation sites (N-methyl/N-ethyl adjacent to an activating group) is 1. The van der Waals surface area contributed by atoms with Gasteiger partial charge in [0.1, 0.15) is 12.4 Å². The first kappa shape index (κ1) is 16.5. The largest absolute Gasteiger partial charge is 0.358 e. The average molecular weight is 344 g/mol. The minimum atomic E-state index is -0.441. The quantitative estimate of drug-likeness (QED) is 0.928. The van der Waals surface area contributed by atoms with Crippen LogP contribution in [0.25, 0.3) is 0 Å². The molecule has 1 aliphatic rings. The topological polar surface area (TPSA) is 49.4 Å². The zero-order chi connectivity index (χ0) is 17.1. The Morgan fingerprint density at radius 1 is 1.25 bits per heavy atom. The molecule has 1 unspecified atom stereocenters. The van der Waals surface area contributed by atoms with Crippen LogP contribution in [0.2, 0.25) is 0 Å². The molecule has 0 aliphatic carbocycles. The van der Waals surface area contributed by atoms with Gasteiger partial charge in [-0.25, -0.2) is 4.39 Å². The molecule has 1 N–H and O–H groups in total. The zero-order valence-electron chi connectivity index (χ0n) is 13.2. The number of thioether (sulfide) groups is 1. The smallest absolute Gasteiger partial charge is 0.239 e. The SMILES string of the molecule is CNC(=O)CN(C(=O)C1CSc2ccccc21)c1cccc(F)c1. The van der Waals surface area contributed by atoms with Crippen molar-refractivity contribution in [2.45, 2.75) is 10.8 Å². The number of fused-ring (bicyclic) bond motifs is 1. The van der Waals surface area contributed by atoms with E-state index in [1.165, 1.54) is 30.1 Å². The van der Waals surface area contributed by atoms with E-state index in [1.807, 2.05) is 24.3 Å². The first-order chi connectivity index (χ1) is 11.6. The standard InChI is InChI=1S/C18H17FN2O2S/c1-20-17(22)10-21(13-6-4-5-12(19)9-13)18(23)15-11-24-16-8-3-2-7-14(15)16/h2-9,15H,10-11H2,1H3,(H,20,22). The van der Waals surface area contributed by atoms with Gasteiger partial charge >= 0.3 is 0 Å². The van der Waals surface area contributed by atoms with Crippen LogP contribution >= 0.6 is 11.8 Å². The van der Waals surface area contributed by atoms with Gasteiger partial charge in [-0.1, -0.05) is 24.3 Å². The summed E-state index contributed by atoms with van der Waals surface area (Å²) in [6.07, 6.45) is 0. The van der Waals surface area contributed by atoms with Crippen LogP contribution in [0.1, 0.15) is 11.5 Å². The molecule has 0 fully saturated rings. The summed E-state index contributed by atoms with van der Waals surface area (Å²) >= 11 is 1.62. The van der Waals surface area contributed by atoms with Crippen molar-refractivity contribution in [1.82, 2.24) is 5.32 Å². The fourth-order valence-corrected chi connectivity index (χ4v) is 3.94. The van der Waals surface area contributed by atoms with Crippen molar-refractivity contribution in [3.05, 3.63) is 59.9 Å². The van der Waals surface area contributed by atoms with Crippen LogP contribution in [0.3, 0.4) is 0 Å². The molecule has 0 saturated heterocycles. The van der Waals surface area contributed by atoms with Crippen LogP contribution in [0.4, 0.5) is 10.1 Å². The fraction of sp³-hybridized carbons (Fsp3) is 0.222. The molecule has 0 saturated carbocycles. The monoisotopic (exact) mass is 344 g/mol. The Balaban J connectivity index is 1.94. The van der Waals surface area contributed by atoms with Crippen LogP contribution in [-0.4, -0.2) is 31.2 Å². The lowest BCUT2D eigenvalue weighted by molar-refractivity contribution is -0.124. The summed E-state index contributed by atoms with van der Waals surface area (Å²) < 4.78 is 13.6. The molecule has 1 heterocycles. The van der Waals surface area contributed by atoms with Crippen LogP contribution in [0.5, 0.6) is 0 Å². The molecule has 2 aromatic carbocycles. The van der Waals surface area contributed by atoms with Gasteiger partial charge in [-0.15, -0.1) is 11.8 Å². The van der Waals surface area contributed by atoms with Gasteiger partial charge in [0.25, 0.3) is 0 Å². The second-order valence-electron chi connectivity index (χ2n) is 5.48. The van der Waals surface area contributed by atoms with Crippen LogP contribution in [0, 0.1) is 5.82 Å². The van der Waals surface area contributed by atoms with E-state index in [0.29, 0.717) is 11.4 Å². The van der Waals surface area contributed by atoms with E-state index in [0.717, 1.165) is 10.5 Å². The van der Waals surface area contributed by atoms with Crippen molar-refractivity contribution in [3.8, 4) is 0 Å². The van der Waals surface area contributed by atoms with E-state index in [2.05, 4.69) is 5.32 Å². The maximum atomic E-state index is 13.6. The molecule has 24 heavy (non-hydrogen) atoms. The molecule has 0 spiro atoms. The van der Waals surface area contributed by atoms with Gasteiger partial charge in [0.05, 0.1) is 5.92 Å². The highest BCUT2D eigenvalue weighted by molar-refractivity contribution is 7.99. The molecule has 124 valence electrons. The van der Waals surface area contributed by atoms with Crippen molar-refractivity contribution in [1.29, 1.82) is 0 Å². The number of hydrogen-bond acceptors (Lipinski definition) is 3. The van der Waals surface area contributed by atoms with E-state index in [-0.39, 0.29) is 24.3 Å². The third-order valence-corrected chi connectivity index (χ3v) is 5.15. The first-order valence-electron chi connectivity index (χ1n) is 7.59. The molecule has 2 aromatic rings. The van der Waals surface area contributed by atoms with Crippen LogP contribution in [0.15, 0.2) is 53.4 Å². The number of anilines is 1. The maximum Gasteiger partial charge on any atom is 0.239 e. The molecule has 0 aromatic heterocycles. The summed E-state index contributed by atoms with van der Waals surface area (Å²) in [5, 5.41) is 2.51. The third kappa shape index (κ3) is 3.28. The highest BCUT2D eigenvalue weighted by Gasteiger charge is 2.33. The number of carbonyl (C=O) groups is 2. The molecular weight excluding hydrogens is 327 g/mol. The van der Waals surface area contributed by atoms with Crippen molar-refractivity contribution in [3.63, 3.8) is 0 Å². The highest BCUT2D eigenvalue weighted by Crippen LogP contribution is 2.40. The number of hydrogen-bond donors (Lipinski definition) is 1. The Morgan fingerprint density at radius 3 is 2.79 bits per heavy atom. The Bertz CT molecular complexity index is 781. The van der Waals surface area contributed by atoms with Gasteiger partial charge < -0.3 is 10.2 Å². The molecule has 3 rings (SSSR count). The molecule has 0 bridgehead atoms. The Morgan fingerprint density at radius 2 is 2.04 bits per heavy atom. The summed E-state index contributed by atoms with van der Waals surface area (Å²) in [6, 6.07) is 13.5. The summed E-state index contributed by atoms with van der Waals surface area (Å²) in [5.74, 6) is -0.645. The lowest BCUT2D eigenvalue weighted by atomic mass is 9.99. The van der Waals surface area contributed by atoms with Gasteiger partial charge in [-0.3, -0.25) is 9.59 Å². The van der Waals surface area contributed by atoms with Gasteiger partial charge in [0, 0.05) is 23.4 Å². The van der Waals surface area contributed by atoms with Crippen molar-refractivity contribution < 1.29 is 14.0 Å². The molecule has 2 amide bonds. The lowest BCUT2D eigenvalue weighted by Crippen LogP contribution is -2.42. The number of rotatable bonds is 4. The van der Waals surface area contributed by atoms with Gasteiger partial charge in [-0.05, 0) is 29.8 Å². The Kier molecular flexibility index (Phi) is 4.85. The lowest BCUT2D eigenvalue weighted by Gasteiger charge is -2.25. The second-order valence-corrected chi connectivity index (χ2v) is 6.54. The number of nitrogens with one attached hydrogen (secondary N) is 1. The number of nitrogens with zero attached hydrogens (tertiary/aromatic N) is 1. The highest BCUT2D eigenvalue weighted by atomic mass is 32.2. The number of benzene rings is 2. The average Bonchev–Trinajstić information content (AvgIpc) is 3.03. The van der Waals surface area contributed by atoms with E-state index >= 15 is 0 Å². The Labute approximate surface area is 144 Å². The summed E-state index contributed by atoms with van der Waals surface area (Å²) in [4.78, 5) is 27.4. The molecule has 1 aliphatic heterocycles. The predicted octanol–water partition coefficient (Wildman–Crippen LogP) is 2.79. The van der Waals surface area contributed by atoms with Crippen molar-refractivity contribution in [2.75, 3.05) is 24.2 Å². The maximum absolute atomic E-state index is 13.6. The molecule has 4 nitrogen and oxygen atoms in total. The molecule has 0 radical (unpaired) electrons. The summed E-state index contributed by atoms with van der Waals surface area (Å²) in [6.45, 7) is -0.137. The van der Waals surface area contributed by atoms with E-state index < -0.39 is 5.82 Å².